The van der Waals surface area contributed by atoms with Gasteiger partial charge in [-0.05, 0) is 24.8 Å². The average Bonchev–Trinajstić information content (AvgIpc) is 2.77. The van der Waals surface area contributed by atoms with E-state index in [9.17, 15) is 13.2 Å². The van der Waals surface area contributed by atoms with Crippen LogP contribution in [0.25, 0.3) is 0 Å². The van der Waals surface area contributed by atoms with Gasteiger partial charge in [-0.2, -0.15) is 0 Å². The van der Waals surface area contributed by atoms with Crippen LogP contribution >= 0.6 is 11.3 Å². The van der Waals surface area contributed by atoms with E-state index in [1.165, 1.54) is 14.2 Å². The van der Waals surface area contributed by atoms with Crippen LogP contribution in [0.3, 0.4) is 0 Å². The molecule has 0 saturated heterocycles. The summed E-state index contributed by atoms with van der Waals surface area (Å²) in [6, 6.07) is 0. The number of nitrogens with one attached hydrogen (secondary N) is 1. The fourth-order valence-corrected chi connectivity index (χ4v) is 4.20. The molecule has 1 aromatic rings. The van der Waals surface area contributed by atoms with Crippen molar-refractivity contribution in [2.24, 2.45) is 0 Å². The lowest BCUT2D eigenvalue weighted by atomic mass is 10.3. The van der Waals surface area contributed by atoms with Crippen molar-refractivity contribution in [3.8, 4) is 0 Å². The van der Waals surface area contributed by atoms with Gasteiger partial charge >= 0.3 is 5.97 Å². The number of carbonyl (C=O) groups excluding carboxylic acids is 1. The molecule has 0 bridgehead atoms. The van der Waals surface area contributed by atoms with E-state index >= 15 is 0 Å². The number of aryl methyl sites for hydroxylation is 1. The minimum Gasteiger partial charge on any atom is -0.465 e. The number of carbonyl (C=O) groups is 1. The number of hydrogen-bond acceptors (Lipinski definition) is 6. The van der Waals surface area contributed by atoms with Gasteiger partial charge in [-0.25, -0.2) is 17.9 Å². The minimum atomic E-state index is -3.76. The van der Waals surface area contributed by atoms with Crippen molar-refractivity contribution >= 4 is 27.3 Å². The summed E-state index contributed by atoms with van der Waals surface area (Å²) in [5.41, 5.74) is 0.517. The van der Waals surface area contributed by atoms with E-state index in [-0.39, 0.29) is 22.4 Å². The monoisotopic (exact) mass is 307 g/mol. The van der Waals surface area contributed by atoms with Crippen LogP contribution in [-0.4, -0.2) is 41.3 Å². The summed E-state index contributed by atoms with van der Waals surface area (Å²) in [5, 5.41) is 1.61. The predicted molar refractivity (Wildman–Crippen MR) is 72.1 cm³/mol. The Labute approximate surface area is 116 Å². The molecule has 0 aliphatic carbocycles. The molecule has 0 aromatic carbocycles. The van der Waals surface area contributed by atoms with Gasteiger partial charge < -0.3 is 9.47 Å². The number of methoxy groups -OCH3 is 2. The minimum absolute atomic E-state index is 0.0207. The van der Waals surface area contributed by atoms with Crippen LogP contribution in [-0.2, 0) is 19.5 Å². The van der Waals surface area contributed by atoms with Crippen molar-refractivity contribution in [3.63, 3.8) is 0 Å². The lowest BCUT2D eigenvalue weighted by molar-refractivity contribution is 0.0602. The second-order valence-corrected chi connectivity index (χ2v) is 6.55. The molecular weight excluding hydrogens is 290 g/mol. The quantitative estimate of drug-likeness (QED) is 0.797. The number of hydrogen-bond donors (Lipinski definition) is 1. The number of sulfonamides is 1. The SMILES string of the molecule is COC(=O)c1scc(C)c1S(=O)(=O)NCC(C)OC. The molecule has 1 rings (SSSR count). The van der Waals surface area contributed by atoms with Crippen molar-refractivity contribution < 1.29 is 22.7 Å². The second kappa shape index (κ2) is 6.47. The van der Waals surface area contributed by atoms with Crippen LogP contribution < -0.4 is 4.72 Å². The molecule has 1 heterocycles. The summed E-state index contributed by atoms with van der Waals surface area (Å²) in [5.74, 6) is -0.654. The molecule has 6 nitrogen and oxygen atoms in total. The summed E-state index contributed by atoms with van der Waals surface area (Å²) < 4.78 is 36.4. The average molecular weight is 307 g/mol. The first-order valence-electron chi connectivity index (χ1n) is 5.52. The Hall–Kier alpha value is -0.960. The number of thiophene rings is 1. The summed E-state index contributed by atoms with van der Waals surface area (Å²) in [6.07, 6.45) is -0.254. The maximum Gasteiger partial charge on any atom is 0.349 e. The Morgan fingerprint density at radius 2 is 2.11 bits per heavy atom. The van der Waals surface area contributed by atoms with E-state index in [0.29, 0.717) is 5.56 Å². The number of rotatable bonds is 6. The number of ether oxygens (including phenoxy) is 2. The third-order valence-electron chi connectivity index (χ3n) is 2.52. The third kappa shape index (κ3) is 3.75. The van der Waals surface area contributed by atoms with Gasteiger partial charge in [0.05, 0.1) is 13.2 Å². The lowest BCUT2D eigenvalue weighted by Gasteiger charge is -2.12. The highest BCUT2D eigenvalue weighted by Crippen LogP contribution is 2.27. The van der Waals surface area contributed by atoms with E-state index in [1.54, 1.807) is 19.2 Å². The van der Waals surface area contributed by atoms with Crippen LogP contribution in [0, 0.1) is 6.92 Å². The van der Waals surface area contributed by atoms with Gasteiger partial charge in [-0.3, -0.25) is 0 Å². The molecule has 0 fully saturated rings. The van der Waals surface area contributed by atoms with Crippen LogP contribution in [0.4, 0.5) is 0 Å². The van der Waals surface area contributed by atoms with E-state index < -0.39 is 16.0 Å². The standard InChI is InChI=1S/C11H17NO5S2/c1-7-6-18-9(11(13)17-4)10(7)19(14,15)12-5-8(2)16-3/h6,8,12H,5H2,1-4H3. The molecule has 1 atom stereocenters. The highest BCUT2D eigenvalue weighted by atomic mass is 32.2. The fourth-order valence-electron chi connectivity index (χ4n) is 1.38. The molecule has 19 heavy (non-hydrogen) atoms. The maximum atomic E-state index is 12.2. The summed E-state index contributed by atoms with van der Waals surface area (Å²) in [6.45, 7) is 3.51. The highest BCUT2D eigenvalue weighted by molar-refractivity contribution is 7.89. The molecule has 1 aromatic heterocycles. The molecule has 0 spiro atoms. The van der Waals surface area contributed by atoms with E-state index in [2.05, 4.69) is 9.46 Å². The zero-order valence-corrected chi connectivity index (χ0v) is 12.9. The Morgan fingerprint density at radius 1 is 1.47 bits per heavy atom. The third-order valence-corrected chi connectivity index (χ3v) is 5.34. The van der Waals surface area contributed by atoms with Gasteiger partial charge in [-0.15, -0.1) is 11.3 Å². The molecule has 1 unspecified atom stereocenters. The van der Waals surface area contributed by atoms with Gasteiger partial charge in [0.2, 0.25) is 10.0 Å². The van der Waals surface area contributed by atoms with Crippen LogP contribution in [0.5, 0.6) is 0 Å². The molecule has 0 saturated carbocycles. The van der Waals surface area contributed by atoms with E-state index in [1.807, 2.05) is 0 Å². The largest absolute Gasteiger partial charge is 0.465 e. The zero-order chi connectivity index (χ0) is 14.6. The van der Waals surface area contributed by atoms with Crippen molar-refractivity contribution in [1.29, 1.82) is 0 Å². The molecule has 8 heteroatoms. The zero-order valence-electron chi connectivity index (χ0n) is 11.2. The summed E-state index contributed by atoms with van der Waals surface area (Å²) in [4.78, 5) is 11.6. The Kier molecular flexibility index (Phi) is 5.48. The molecular formula is C11H17NO5S2. The van der Waals surface area contributed by atoms with Crippen molar-refractivity contribution in [1.82, 2.24) is 4.72 Å². The van der Waals surface area contributed by atoms with Crippen molar-refractivity contribution in [2.45, 2.75) is 24.8 Å². The smallest absolute Gasteiger partial charge is 0.349 e. The molecule has 0 amide bonds. The van der Waals surface area contributed by atoms with E-state index in [4.69, 9.17) is 4.74 Å². The fraction of sp³-hybridized carbons (Fsp3) is 0.545. The normalized spacial score (nSPS) is 13.3. The first kappa shape index (κ1) is 16.1. The maximum absolute atomic E-state index is 12.2. The summed E-state index contributed by atoms with van der Waals surface area (Å²) >= 11 is 1.05. The molecule has 108 valence electrons. The van der Waals surface area contributed by atoms with Crippen LogP contribution in [0.1, 0.15) is 22.2 Å². The predicted octanol–water partition coefficient (Wildman–Crippen LogP) is 1.16. The molecule has 0 aliphatic heterocycles. The van der Waals surface area contributed by atoms with Gasteiger partial charge in [0, 0.05) is 13.7 Å². The van der Waals surface area contributed by atoms with Crippen molar-refractivity contribution in [3.05, 3.63) is 15.8 Å². The van der Waals surface area contributed by atoms with Gasteiger partial charge in [0.25, 0.3) is 0 Å². The first-order chi connectivity index (χ1) is 8.83. The van der Waals surface area contributed by atoms with E-state index in [0.717, 1.165) is 11.3 Å². The highest BCUT2D eigenvalue weighted by Gasteiger charge is 2.27. The van der Waals surface area contributed by atoms with Crippen LogP contribution in [0.2, 0.25) is 0 Å². The van der Waals surface area contributed by atoms with Crippen molar-refractivity contribution in [2.75, 3.05) is 20.8 Å². The molecule has 1 N–H and O–H groups in total. The molecule has 0 radical (unpaired) electrons. The Bertz CT molecular complexity index is 549. The van der Waals surface area contributed by atoms with Gasteiger partial charge in [-0.1, -0.05) is 0 Å². The number of esters is 1. The van der Waals surface area contributed by atoms with Gasteiger partial charge in [0.15, 0.2) is 0 Å². The topological polar surface area (TPSA) is 81.7 Å². The Morgan fingerprint density at radius 3 is 2.63 bits per heavy atom. The first-order valence-corrected chi connectivity index (χ1v) is 7.88. The Balaban J connectivity index is 3.07. The summed E-state index contributed by atoms with van der Waals surface area (Å²) in [7, 11) is -1.05. The van der Waals surface area contributed by atoms with Gasteiger partial charge in [0.1, 0.15) is 9.77 Å². The van der Waals surface area contributed by atoms with Crippen LogP contribution in [0.15, 0.2) is 10.3 Å². The molecule has 0 aliphatic rings. The lowest BCUT2D eigenvalue weighted by Crippen LogP contribution is -2.32. The second-order valence-electron chi connectivity index (χ2n) is 3.97.